The number of nitrogens with zero attached hydrogens (tertiary/aromatic N) is 5. The number of thiophene rings is 1. The number of carbonyl (C=O) groups excluding carboxylic acids is 1. The van der Waals surface area contributed by atoms with E-state index >= 15 is 0 Å². The van der Waals surface area contributed by atoms with E-state index in [1.807, 2.05) is 30.5 Å². The summed E-state index contributed by atoms with van der Waals surface area (Å²) in [6, 6.07) is 14.3. The Morgan fingerprint density at radius 1 is 1.02 bits per heavy atom. The molecule has 0 aliphatic rings. The molecular weight excluding hydrogens is 589 g/mol. The highest BCUT2D eigenvalue weighted by Gasteiger charge is 2.29. The van der Waals surface area contributed by atoms with Gasteiger partial charge in [-0.3, -0.25) is 14.8 Å². The maximum Gasteiger partial charge on any atom is 0.251 e. The van der Waals surface area contributed by atoms with Crippen LogP contribution in [0.5, 0.6) is 0 Å². The molecule has 0 spiro atoms. The second-order valence-electron chi connectivity index (χ2n) is 11.2. The maximum absolute atomic E-state index is 13.6. The molecule has 0 radical (unpaired) electrons. The number of hydrogen-bond acceptors (Lipinski definition) is 9. The molecule has 9 nitrogen and oxygen atoms in total. The van der Waals surface area contributed by atoms with Crippen molar-refractivity contribution in [2.45, 2.75) is 46.6 Å². The molecule has 6 rings (SSSR count). The molecule has 5 heterocycles. The Kier molecular flexibility index (Phi) is 8.61. The van der Waals surface area contributed by atoms with Crippen molar-refractivity contribution in [3.8, 4) is 21.9 Å². The van der Waals surface area contributed by atoms with Gasteiger partial charge in [0.05, 0.1) is 27.2 Å². The zero-order chi connectivity index (χ0) is 31.5. The molecule has 45 heavy (non-hydrogen) atoms. The lowest BCUT2D eigenvalue weighted by atomic mass is 9.91. The fraction of sp³-hybridized carbons (Fsp3) is 0.235. The van der Waals surface area contributed by atoms with Gasteiger partial charge in [0.15, 0.2) is 0 Å². The van der Waals surface area contributed by atoms with E-state index in [1.54, 1.807) is 31.5 Å². The van der Waals surface area contributed by atoms with Crippen LogP contribution in [0, 0.1) is 18.7 Å². The average molecular weight is 622 g/mol. The smallest absolute Gasteiger partial charge is 0.251 e. The van der Waals surface area contributed by atoms with Gasteiger partial charge in [-0.2, -0.15) is 0 Å². The van der Waals surface area contributed by atoms with E-state index in [-0.39, 0.29) is 17.6 Å². The van der Waals surface area contributed by atoms with Crippen molar-refractivity contribution >= 4 is 33.1 Å². The Balaban J connectivity index is 1.54. The number of benzene rings is 1. The van der Waals surface area contributed by atoms with E-state index in [4.69, 9.17) is 15.1 Å². The van der Waals surface area contributed by atoms with Crippen molar-refractivity contribution in [3.63, 3.8) is 0 Å². The van der Waals surface area contributed by atoms with Crippen LogP contribution in [0.1, 0.15) is 52.6 Å². The number of nitrogens with one attached hydrogen (secondary N) is 1. The number of anilines is 1. The minimum Gasteiger partial charge on any atom is -0.421 e. The molecule has 0 aliphatic heterocycles. The van der Waals surface area contributed by atoms with Crippen molar-refractivity contribution in [1.82, 2.24) is 25.1 Å². The molecule has 0 fully saturated rings. The predicted octanol–water partition coefficient (Wildman–Crippen LogP) is 6.95. The lowest BCUT2D eigenvalue weighted by Crippen LogP contribution is -2.20. The largest absolute Gasteiger partial charge is 0.421 e. The lowest BCUT2D eigenvalue weighted by Gasteiger charge is -2.19. The van der Waals surface area contributed by atoms with Crippen molar-refractivity contribution in [2.24, 2.45) is 11.7 Å². The molecule has 0 bridgehead atoms. The predicted molar refractivity (Wildman–Crippen MR) is 173 cm³/mol. The molecule has 11 heteroatoms. The van der Waals surface area contributed by atoms with Crippen molar-refractivity contribution in [1.29, 1.82) is 0 Å². The standard InChI is InChI=1S/C34H32FN7O2S/c1-19(2)15-26-28(32(36)43)30(27-16-23-12-14-38-33(31(23)45-27)39-18-22-5-4-13-37-17-22)29(34-42-41-20(3)44-34)25(40-26)11-8-21-6-9-24(35)10-7-21/h4-7,9-10,12-14,16-17,19H,8,11,15,18H2,1-3H3,(H2,36,43)(H,38,39). The van der Waals surface area contributed by atoms with Crippen LogP contribution in [-0.4, -0.2) is 31.1 Å². The number of aryl methyl sites for hydroxylation is 3. The van der Waals surface area contributed by atoms with Crippen molar-refractivity contribution < 1.29 is 13.6 Å². The third-order valence-corrected chi connectivity index (χ3v) is 8.54. The third-order valence-electron chi connectivity index (χ3n) is 7.36. The number of pyridine rings is 3. The van der Waals surface area contributed by atoms with Crippen LogP contribution < -0.4 is 11.1 Å². The Hall–Kier alpha value is -5.03. The number of carbonyl (C=O) groups is 1. The summed E-state index contributed by atoms with van der Waals surface area (Å²) < 4.78 is 20.5. The molecule has 0 saturated heterocycles. The molecule has 0 aliphatic carbocycles. The SMILES string of the molecule is Cc1nnc(-c2c(CCc3ccc(F)cc3)nc(CC(C)C)c(C(N)=O)c2-c2cc3ccnc(NCc4cccnc4)c3s2)o1. The molecule has 1 amide bonds. The van der Waals surface area contributed by atoms with E-state index < -0.39 is 5.91 Å². The normalized spacial score (nSPS) is 11.4. The second-order valence-corrected chi connectivity index (χ2v) is 12.3. The van der Waals surface area contributed by atoms with Gasteiger partial charge in [-0.25, -0.2) is 9.37 Å². The van der Waals surface area contributed by atoms with E-state index in [2.05, 4.69) is 39.3 Å². The monoisotopic (exact) mass is 621 g/mol. The fourth-order valence-electron chi connectivity index (χ4n) is 5.36. The first-order valence-corrected chi connectivity index (χ1v) is 15.5. The summed E-state index contributed by atoms with van der Waals surface area (Å²) in [4.78, 5) is 28.0. The van der Waals surface area contributed by atoms with Crippen molar-refractivity contribution in [2.75, 3.05) is 5.32 Å². The molecule has 0 unspecified atom stereocenters. The third kappa shape index (κ3) is 6.58. The number of nitrogens with two attached hydrogens (primary N) is 1. The first-order valence-electron chi connectivity index (χ1n) is 14.7. The Morgan fingerprint density at radius 2 is 1.84 bits per heavy atom. The van der Waals surface area contributed by atoms with E-state index in [9.17, 15) is 9.18 Å². The van der Waals surface area contributed by atoms with Gasteiger partial charge in [0.2, 0.25) is 11.8 Å². The van der Waals surface area contributed by atoms with Crippen LogP contribution in [0.15, 0.2) is 71.5 Å². The first kappa shape index (κ1) is 30.0. The van der Waals surface area contributed by atoms with Crippen molar-refractivity contribution in [3.05, 3.63) is 107 Å². The number of aromatic nitrogens is 5. The average Bonchev–Trinajstić information content (AvgIpc) is 3.66. The Morgan fingerprint density at radius 3 is 2.53 bits per heavy atom. The minimum atomic E-state index is -0.582. The van der Waals surface area contributed by atoms with Gasteiger partial charge in [0, 0.05) is 42.5 Å². The highest BCUT2D eigenvalue weighted by atomic mass is 32.1. The number of rotatable bonds is 11. The summed E-state index contributed by atoms with van der Waals surface area (Å²) in [5.74, 6) is 0.695. The molecule has 3 N–H and O–H groups in total. The quantitative estimate of drug-likeness (QED) is 0.159. The summed E-state index contributed by atoms with van der Waals surface area (Å²) >= 11 is 1.50. The first-order chi connectivity index (χ1) is 21.8. The van der Waals surface area contributed by atoms with Crippen LogP contribution in [0.25, 0.3) is 32.0 Å². The topological polar surface area (TPSA) is 133 Å². The van der Waals surface area contributed by atoms with Crippen LogP contribution >= 0.6 is 11.3 Å². The fourth-order valence-corrected chi connectivity index (χ4v) is 6.54. The molecule has 1 aromatic carbocycles. The van der Waals surface area contributed by atoms with Gasteiger partial charge in [-0.15, -0.1) is 21.5 Å². The number of hydrogen-bond donors (Lipinski definition) is 2. The number of fused-ring (bicyclic) bond motifs is 1. The molecular formula is C34H32FN7O2S. The summed E-state index contributed by atoms with van der Waals surface area (Å²) in [6.45, 7) is 6.42. The zero-order valence-corrected chi connectivity index (χ0v) is 26.0. The number of primary amides is 1. The minimum absolute atomic E-state index is 0.208. The van der Waals surface area contributed by atoms with E-state index in [0.29, 0.717) is 59.8 Å². The van der Waals surface area contributed by atoms with Gasteiger partial charge >= 0.3 is 0 Å². The highest BCUT2D eigenvalue weighted by molar-refractivity contribution is 7.23. The number of amides is 1. The highest BCUT2D eigenvalue weighted by Crippen LogP contribution is 2.44. The summed E-state index contributed by atoms with van der Waals surface area (Å²) in [5, 5.41) is 12.9. The van der Waals surface area contributed by atoms with Crippen LogP contribution in [0.3, 0.4) is 0 Å². The Labute approximate surface area is 263 Å². The summed E-state index contributed by atoms with van der Waals surface area (Å²) in [6.07, 6.45) is 6.93. The van der Waals surface area contributed by atoms with Gasteiger partial charge in [0.25, 0.3) is 5.91 Å². The maximum atomic E-state index is 13.6. The summed E-state index contributed by atoms with van der Waals surface area (Å²) in [5.41, 5.74) is 11.0. The van der Waals surface area contributed by atoms with E-state index in [1.165, 1.54) is 23.5 Å². The van der Waals surface area contributed by atoms with E-state index in [0.717, 1.165) is 31.9 Å². The number of halogens is 1. The van der Waals surface area contributed by atoms with Gasteiger partial charge in [-0.05, 0) is 72.0 Å². The Bertz CT molecular complexity index is 1970. The molecule has 5 aromatic heterocycles. The van der Waals surface area contributed by atoms with Crippen LogP contribution in [0.2, 0.25) is 0 Å². The molecule has 0 saturated carbocycles. The van der Waals surface area contributed by atoms with Gasteiger partial charge in [-0.1, -0.05) is 32.0 Å². The zero-order valence-electron chi connectivity index (χ0n) is 25.2. The second kappa shape index (κ2) is 12.9. The van der Waals surface area contributed by atoms with Gasteiger partial charge < -0.3 is 15.5 Å². The van der Waals surface area contributed by atoms with Crippen LogP contribution in [0.4, 0.5) is 10.2 Å². The van der Waals surface area contributed by atoms with Crippen LogP contribution in [-0.2, 0) is 25.8 Å². The van der Waals surface area contributed by atoms with Gasteiger partial charge in [0.1, 0.15) is 11.6 Å². The molecule has 6 aromatic rings. The molecule has 0 atom stereocenters. The lowest BCUT2D eigenvalue weighted by molar-refractivity contribution is 0.0999. The summed E-state index contributed by atoms with van der Waals surface area (Å²) in [7, 11) is 0. The molecule has 228 valence electrons.